The molecule has 1 aliphatic rings. The van der Waals surface area contributed by atoms with Gasteiger partial charge in [0.2, 0.25) is 5.95 Å². The number of piperidine rings is 1. The Balaban J connectivity index is 1.97. The molecule has 0 aromatic carbocycles. The van der Waals surface area contributed by atoms with Crippen molar-refractivity contribution in [2.45, 2.75) is 19.8 Å². The van der Waals surface area contributed by atoms with Crippen LogP contribution in [0.3, 0.4) is 0 Å². The lowest BCUT2D eigenvalue weighted by molar-refractivity contribution is 0.376. The Morgan fingerprint density at radius 3 is 2.82 bits per heavy atom. The fraction of sp³-hybridized carbons (Fsp3) is 0.667. The van der Waals surface area contributed by atoms with E-state index in [0.29, 0.717) is 11.9 Å². The molecule has 0 bridgehead atoms. The Morgan fingerprint density at radius 1 is 1.47 bits per heavy atom. The fourth-order valence-corrected chi connectivity index (χ4v) is 2.21. The topological polar surface area (TPSA) is 41.0 Å². The first-order chi connectivity index (χ1) is 8.29. The van der Waals surface area contributed by atoms with Crippen LogP contribution in [0.4, 0.5) is 10.3 Å². The van der Waals surface area contributed by atoms with Crippen molar-refractivity contribution in [3.63, 3.8) is 0 Å². The predicted octanol–water partition coefficient (Wildman–Crippen LogP) is 1.44. The molecular formula is C12H19FN4. The summed E-state index contributed by atoms with van der Waals surface area (Å²) in [6.07, 6.45) is 4.92. The first-order valence-corrected chi connectivity index (χ1v) is 6.22. The Labute approximate surface area is 101 Å². The normalized spacial score (nSPS) is 20.2. The van der Waals surface area contributed by atoms with Crippen molar-refractivity contribution in [2.75, 3.05) is 31.1 Å². The molecule has 0 saturated carbocycles. The highest BCUT2D eigenvalue weighted by molar-refractivity contribution is 5.28. The van der Waals surface area contributed by atoms with Gasteiger partial charge in [-0.3, -0.25) is 0 Å². The Hall–Kier alpha value is -1.23. The molecule has 0 amide bonds. The number of anilines is 1. The third-order valence-electron chi connectivity index (χ3n) is 3.15. The number of rotatable bonds is 4. The maximum Gasteiger partial charge on any atom is 0.225 e. The van der Waals surface area contributed by atoms with E-state index < -0.39 is 0 Å². The van der Waals surface area contributed by atoms with Crippen LogP contribution in [0.5, 0.6) is 0 Å². The maximum atomic E-state index is 12.8. The van der Waals surface area contributed by atoms with Crippen molar-refractivity contribution >= 4 is 5.95 Å². The minimum atomic E-state index is -0.385. The zero-order chi connectivity index (χ0) is 12.1. The summed E-state index contributed by atoms with van der Waals surface area (Å²) in [5.74, 6) is 0.876. The van der Waals surface area contributed by atoms with Crippen LogP contribution in [-0.4, -0.2) is 36.1 Å². The average molecular weight is 238 g/mol. The highest BCUT2D eigenvalue weighted by atomic mass is 19.1. The van der Waals surface area contributed by atoms with Crippen LogP contribution in [-0.2, 0) is 0 Å². The lowest BCUT2D eigenvalue weighted by atomic mass is 9.99. The minimum absolute atomic E-state index is 0.385. The Bertz CT molecular complexity index is 335. The van der Waals surface area contributed by atoms with Gasteiger partial charge >= 0.3 is 0 Å². The van der Waals surface area contributed by atoms with Crippen molar-refractivity contribution < 1.29 is 4.39 Å². The molecule has 0 spiro atoms. The van der Waals surface area contributed by atoms with E-state index in [9.17, 15) is 4.39 Å². The van der Waals surface area contributed by atoms with Crippen LogP contribution in [0.25, 0.3) is 0 Å². The van der Waals surface area contributed by atoms with Crippen molar-refractivity contribution in [1.82, 2.24) is 15.3 Å². The molecule has 17 heavy (non-hydrogen) atoms. The maximum absolute atomic E-state index is 12.8. The van der Waals surface area contributed by atoms with Crippen molar-refractivity contribution in [2.24, 2.45) is 5.92 Å². The van der Waals surface area contributed by atoms with Crippen molar-refractivity contribution in [3.8, 4) is 0 Å². The van der Waals surface area contributed by atoms with Crippen LogP contribution in [0.1, 0.15) is 19.8 Å². The SMILES string of the molecule is CCN(CC1CCCNC1)c1ncc(F)cn1. The molecule has 1 aliphatic heterocycles. The number of nitrogens with zero attached hydrogens (tertiary/aromatic N) is 3. The lowest BCUT2D eigenvalue weighted by Gasteiger charge is -2.29. The van der Waals surface area contributed by atoms with E-state index in [1.165, 1.54) is 25.2 Å². The number of nitrogens with one attached hydrogen (secondary N) is 1. The second-order valence-corrected chi connectivity index (χ2v) is 4.45. The standard InChI is InChI=1S/C12H19FN4/c1-2-17(9-10-4-3-5-14-6-10)12-15-7-11(13)8-16-12/h7-8,10,14H,2-6,9H2,1H3. The van der Waals surface area contributed by atoms with E-state index in [0.717, 1.165) is 26.2 Å². The molecular weight excluding hydrogens is 219 g/mol. The summed E-state index contributed by atoms with van der Waals surface area (Å²) in [6, 6.07) is 0. The van der Waals surface area contributed by atoms with E-state index in [2.05, 4.69) is 27.1 Å². The van der Waals surface area contributed by atoms with Gasteiger partial charge in [0.05, 0.1) is 12.4 Å². The molecule has 0 aliphatic carbocycles. The molecule has 5 heteroatoms. The predicted molar refractivity (Wildman–Crippen MR) is 65.5 cm³/mol. The molecule has 1 fully saturated rings. The molecule has 2 heterocycles. The monoisotopic (exact) mass is 238 g/mol. The van der Waals surface area contributed by atoms with Gasteiger partial charge in [-0.15, -0.1) is 0 Å². The lowest BCUT2D eigenvalue weighted by Crippen LogP contribution is -2.39. The summed E-state index contributed by atoms with van der Waals surface area (Å²) in [6.45, 7) is 6.04. The first-order valence-electron chi connectivity index (χ1n) is 6.22. The number of hydrogen-bond donors (Lipinski definition) is 1. The molecule has 0 radical (unpaired) electrons. The van der Waals surface area contributed by atoms with E-state index in [4.69, 9.17) is 0 Å². The first kappa shape index (κ1) is 12.2. The fourth-order valence-electron chi connectivity index (χ4n) is 2.21. The third-order valence-corrected chi connectivity index (χ3v) is 3.15. The molecule has 1 aromatic heterocycles. The van der Waals surface area contributed by atoms with Gasteiger partial charge in [0.1, 0.15) is 0 Å². The smallest absolute Gasteiger partial charge is 0.225 e. The minimum Gasteiger partial charge on any atom is -0.341 e. The number of halogens is 1. The van der Waals surface area contributed by atoms with E-state index in [-0.39, 0.29) is 5.82 Å². The zero-order valence-electron chi connectivity index (χ0n) is 10.2. The summed E-state index contributed by atoms with van der Waals surface area (Å²) >= 11 is 0. The van der Waals surface area contributed by atoms with Crippen LogP contribution in [0, 0.1) is 11.7 Å². The highest BCUT2D eigenvalue weighted by Gasteiger charge is 2.17. The summed E-state index contributed by atoms with van der Waals surface area (Å²) in [5.41, 5.74) is 0. The van der Waals surface area contributed by atoms with Crippen LogP contribution < -0.4 is 10.2 Å². The number of aromatic nitrogens is 2. The van der Waals surface area contributed by atoms with Crippen molar-refractivity contribution in [1.29, 1.82) is 0 Å². The van der Waals surface area contributed by atoms with Crippen molar-refractivity contribution in [3.05, 3.63) is 18.2 Å². The molecule has 94 valence electrons. The third kappa shape index (κ3) is 3.36. The molecule has 2 rings (SSSR count). The van der Waals surface area contributed by atoms with E-state index >= 15 is 0 Å². The van der Waals surface area contributed by atoms with Gasteiger partial charge in [-0.1, -0.05) is 0 Å². The van der Waals surface area contributed by atoms with Gasteiger partial charge in [0, 0.05) is 13.1 Å². The second-order valence-electron chi connectivity index (χ2n) is 4.45. The molecule has 1 unspecified atom stereocenters. The summed E-state index contributed by atoms with van der Waals surface area (Å²) < 4.78 is 12.8. The van der Waals surface area contributed by atoms with Gasteiger partial charge in [-0.25, -0.2) is 14.4 Å². The molecule has 1 saturated heterocycles. The average Bonchev–Trinajstić information content (AvgIpc) is 2.38. The van der Waals surface area contributed by atoms with E-state index in [1.807, 2.05) is 0 Å². The van der Waals surface area contributed by atoms with Gasteiger partial charge < -0.3 is 10.2 Å². The van der Waals surface area contributed by atoms with E-state index in [1.54, 1.807) is 0 Å². The molecule has 4 nitrogen and oxygen atoms in total. The zero-order valence-corrected chi connectivity index (χ0v) is 10.2. The quantitative estimate of drug-likeness (QED) is 0.862. The van der Waals surface area contributed by atoms with Gasteiger partial charge in [0.25, 0.3) is 0 Å². The highest BCUT2D eigenvalue weighted by Crippen LogP contribution is 2.15. The largest absolute Gasteiger partial charge is 0.341 e. The molecule has 1 N–H and O–H groups in total. The van der Waals surface area contributed by atoms with Crippen LogP contribution in [0.15, 0.2) is 12.4 Å². The second kappa shape index (κ2) is 5.91. The van der Waals surface area contributed by atoms with Crippen LogP contribution in [0.2, 0.25) is 0 Å². The number of hydrogen-bond acceptors (Lipinski definition) is 4. The summed E-state index contributed by atoms with van der Waals surface area (Å²) in [4.78, 5) is 10.2. The van der Waals surface area contributed by atoms with Crippen LogP contribution >= 0.6 is 0 Å². The Kier molecular flexibility index (Phi) is 4.25. The molecule has 1 atom stereocenters. The van der Waals surface area contributed by atoms with Gasteiger partial charge in [0.15, 0.2) is 5.82 Å². The van der Waals surface area contributed by atoms with Gasteiger partial charge in [-0.05, 0) is 38.8 Å². The summed E-state index contributed by atoms with van der Waals surface area (Å²) in [5, 5.41) is 3.40. The Morgan fingerprint density at radius 2 is 2.24 bits per heavy atom. The molecule has 1 aromatic rings. The van der Waals surface area contributed by atoms with Gasteiger partial charge in [-0.2, -0.15) is 0 Å². The summed E-state index contributed by atoms with van der Waals surface area (Å²) in [7, 11) is 0.